The van der Waals surface area contributed by atoms with E-state index in [0.717, 1.165) is 28.6 Å². The average Bonchev–Trinajstić information content (AvgIpc) is 2.66. The third-order valence-corrected chi connectivity index (χ3v) is 4.89. The fourth-order valence-electron chi connectivity index (χ4n) is 2.54. The average molecular weight is 381 g/mol. The van der Waals surface area contributed by atoms with E-state index < -0.39 is 10.8 Å². The number of rotatable bonds is 6. The van der Waals surface area contributed by atoms with E-state index in [1.54, 1.807) is 6.07 Å². The molecule has 0 bridgehead atoms. The number of nitrogens with one attached hydrogen (secondary N) is 1. The lowest BCUT2D eigenvalue weighted by Gasteiger charge is -2.07. The number of nitro groups is 1. The van der Waals surface area contributed by atoms with E-state index in [1.165, 1.54) is 12.1 Å². The van der Waals surface area contributed by atoms with Gasteiger partial charge in [-0.25, -0.2) is 0 Å². The van der Waals surface area contributed by atoms with Crippen molar-refractivity contribution in [3.8, 4) is 0 Å². The van der Waals surface area contributed by atoms with Gasteiger partial charge in [0, 0.05) is 17.3 Å². The van der Waals surface area contributed by atoms with Gasteiger partial charge in [0.05, 0.1) is 15.6 Å². The van der Waals surface area contributed by atoms with Crippen molar-refractivity contribution in [2.75, 3.05) is 11.1 Å². The highest BCUT2D eigenvalue weighted by Gasteiger charge is 2.18. The molecule has 0 saturated carbocycles. The molecule has 27 heavy (non-hydrogen) atoms. The number of carbonyl (C=O) groups excluding carboxylic acids is 2. The van der Waals surface area contributed by atoms with Crippen LogP contribution in [-0.2, 0) is 4.79 Å². The first-order valence-electron chi connectivity index (χ1n) is 7.94. The summed E-state index contributed by atoms with van der Waals surface area (Å²) in [7, 11) is 0. The molecule has 0 heterocycles. The first-order chi connectivity index (χ1) is 12.9. The van der Waals surface area contributed by atoms with Crippen molar-refractivity contribution < 1.29 is 14.5 Å². The van der Waals surface area contributed by atoms with Crippen LogP contribution >= 0.6 is 11.8 Å². The molecule has 3 aromatic carbocycles. The summed E-state index contributed by atoms with van der Waals surface area (Å²) >= 11 is 1.02. The molecule has 0 saturated heterocycles. The maximum absolute atomic E-state index is 12.2. The van der Waals surface area contributed by atoms with Crippen LogP contribution in [0.1, 0.15) is 10.4 Å². The molecule has 0 radical (unpaired) electrons. The molecule has 0 fully saturated rings. The molecule has 7 nitrogen and oxygen atoms in total. The highest BCUT2D eigenvalue weighted by atomic mass is 32.2. The van der Waals surface area contributed by atoms with Crippen LogP contribution in [-0.4, -0.2) is 22.5 Å². The van der Waals surface area contributed by atoms with E-state index in [1.807, 2.05) is 36.4 Å². The molecule has 3 N–H and O–H groups in total. The number of hydrogen-bond donors (Lipinski definition) is 2. The summed E-state index contributed by atoms with van der Waals surface area (Å²) in [5.41, 5.74) is 5.59. The number of nitro benzene ring substituents is 1. The summed E-state index contributed by atoms with van der Waals surface area (Å²) in [6.07, 6.45) is 0. The van der Waals surface area contributed by atoms with Crippen LogP contribution in [0.15, 0.2) is 65.6 Å². The van der Waals surface area contributed by atoms with Crippen LogP contribution < -0.4 is 11.1 Å². The van der Waals surface area contributed by atoms with Crippen molar-refractivity contribution in [2.24, 2.45) is 5.73 Å². The molecular formula is C19H15N3O4S. The number of nitrogens with two attached hydrogens (primary N) is 1. The maximum atomic E-state index is 12.2. The Morgan fingerprint density at radius 1 is 1.04 bits per heavy atom. The Bertz CT molecular complexity index is 1050. The predicted octanol–water partition coefficient (Wildman–Crippen LogP) is 3.58. The summed E-state index contributed by atoms with van der Waals surface area (Å²) in [5.74, 6) is -1.05. The highest BCUT2D eigenvalue weighted by Crippen LogP contribution is 2.30. The molecule has 2 amide bonds. The second kappa shape index (κ2) is 7.88. The third kappa shape index (κ3) is 4.42. The smallest absolute Gasteiger partial charge is 0.283 e. The number of fused-ring (bicyclic) bond motifs is 1. The van der Waals surface area contributed by atoms with Crippen molar-refractivity contribution in [3.05, 3.63) is 76.3 Å². The van der Waals surface area contributed by atoms with Crippen molar-refractivity contribution in [1.82, 2.24) is 0 Å². The van der Waals surface area contributed by atoms with Gasteiger partial charge in [-0.15, -0.1) is 11.8 Å². The fourth-order valence-corrected chi connectivity index (χ4v) is 3.35. The van der Waals surface area contributed by atoms with Gasteiger partial charge in [-0.1, -0.05) is 30.3 Å². The minimum Gasteiger partial charge on any atom is -0.366 e. The Labute approximate surface area is 158 Å². The Balaban J connectivity index is 1.69. The first kappa shape index (κ1) is 18.4. The summed E-state index contributed by atoms with van der Waals surface area (Å²) < 4.78 is 0. The molecule has 8 heteroatoms. The number of nitrogens with zero attached hydrogens (tertiary/aromatic N) is 1. The Hall–Kier alpha value is -3.39. The lowest BCUT2D eigenvalue weighted by atomic mass is 10.1. The molecule has 0 aromatic heterocycles. The zero-order valence-corrected chi connectivity index (χ0v) is 14.9. The second-order valence-electron chi connectivity index (χ2n) is 5.70. The van der Waals surface area contributed by atoms with E-state index >= 15 is 0 Å². The van der Waals surface area contributed by atoms with Gasteiger partial charge in [-0.3, -0.25) is 19.7 Å². The van der Waals surface area contributed by atoms with E-state index in [-0.39, 0.29) is 22.9 Å². The zero-order valence-electron chi connectivity index (χ0n) is 14.0. The van der Waals surface area contributed by atoms with Gasteiger partial charge in [0.25, 0.3) is 5.69 Å². The summed E-state index contributed by atoms with van der Waals surface area (Å²) in [4.78, 5) is 34.3. The lowest BCUT2D eigenvalue weighted by molar-refractivity contribution is -0.387. The molecule has 0 unspecified atom stereocenters. The molecule has 3 aromatic rings. The molecule has 136 valence electrons. The van der Waals surface area contributed by atoms with Gasteiger partial charge in [-0.2, -0.15) is 0 Å². The monoisotopic (exact) mass is 381 g/mol. The quantitative estimate of drug-likeness (QED) is 0.385. The van der Waals surface area contributed by atoms with Crippen molar-refractivity contribution in [2.45, 2.75) is 4.90 Å². The molecule has 0 spiro atoms. The SMILES string of the molecule is NC(=O)c1ccc(SCC(=O)Nc2ccc3ccccc3c2)c([N+](=O)[O-])c1. The van der Waals surface area contributed by atoms with Gasteiger partial charge in [0.15, 0.2) is 0 Å². The highest BCUT2D eigenvalue weighted by molar-refractivity contribution is 8.00. The van der Waals surface area contributed by atoms with Crippen LogP contribution in [0.25, 0.3) is 10.8 Å². The van der Waals surface area contributed by atoms with Gasteiger partial charge < -0.3 is 11.1 Å². The fraction of sp³-hybridized carbons (Fsp3) is 0.0526. The van der Waals surface area contributed by atoms with Crippen molar-refractivity contribution in [1.29, 1.82) is 0 Å². The third-order valence-electron chi connectivity index (χ3n) is 3.83. The van der Waals surface area contributed by atoms with E-state index in [2.05, 4.69) is 5.32 Å². The summed E-state index contributed by atoms with van der Waals surface area (Å²) in [6, 6.07) is 17.3. The van der Waals surface area contributed by atoms with E-state index in [0.29, 0.717) is 10.6 Å². The Morgan fingerprint density at radius 3 is 2.48 bits per heavy atom. The summed E-state index contributed by atoms with van der Waals surface area (Å²) in [5, 5.41) is 16.0. The number of benzene rings is 3. The van der Waals surface area contributed by atoms with Gasteiger partial charge in [0.2, 0.25) is 11.8 Å². The maximum Gasteiger partial charge on any atom is 0.283 e. The number of hydrogen-bond acceptors (Lipinski definition) is 5. The first-order valence-corrected chi connectivity index (χ1v) is 8.92. The number of carbonyl (C=O) groups is 2. The largest absolute Gasteiger partial charge is 0.366 e. The van der Waals surface area contributed by atoms with Crippen LogP contribution in [0.5, 0.6) is 0 Å². The van der Waals surface area contributed by atoms with Crippen LogP contribution in [0, 0.1) is 10.1 Å². The van der Waals surface area contributed by atoms with Gasteiger partial charge in [0.1, 0.15) is 0 Å². The number of primary amides is 1. The molecule has 0 aliphatic rings. The predicted molar refractivity (Wildman–Crippen MR) is 105 cm³/mol. The van der Waals surface area contributed by atoms with Crippen molar-refractivity contribution in [3.63, 3.8) is 0 Å². The standard InChI is InChI=1S/C19H15N3O4S/c20-19(24)14-6-8-17(16(10-14)22(25)26)27-11-18(23)21-15-7-5-12-3-1-2-4-13(12)9-15/h1-10H,11H2,(H2,20,24)(H,21,23). The Kier molecular flexibility index (Phi) is 5.37. The molecule has 3 rings (SSSR count). The topological polar surface area (TPSA) is 115 Å². The molecular weight excluding hydrogens is 366 g/mol. The molecule has 0 aliphatic carbocycles. The number of amides is 2. The summed E-state index contributed by atoms with van der Waals surface area (Å²) in [6.45, 7) is 0. The van der Waals surface area contributed by atoms with Crippen LogP contribution in [0.2, 0.25) is 0 Å². The minimum absolute atomic E-state index is 0.0103. The minimum atomic E-state index is -0.747. The van der Waals surface area contributed by atoms with Gasteiger partial charge in [-0.05, 0) is 35.0 Å². The zero-order chi connectivity index (χ0) is 19.4. The van der Waals surface area contributed by atoms with Crippen molar-refractivity contribution >= 4 is 45.7 Å². The number of thioether (sulfide) groups is 1. The lowest BCUT2D eigenvalue weighted by Crippen LogP contribution is -2.14. The molecule has 0 aliphatic heterocycles. The van der Waals surface area contributed by atoms with Gasteiger partial charge >= 0.3 is 0 Å². The Morgan fingerprint density at radius 2 is 1.78 bits per heavy atom. The second-order valence-corrected chi connectivity index (χ2v) is 6.72. The number of anilines is 1. The van der Waals surface area contributed by atoms with Crippen LogP contribution in [0.4, 0.5) is 11.4 Å². The molecule has 0 atom stereocenters. The van der Waals surface area contributed by atoms with Crippen LogP contribution in [0.3, 0.4) is 0 Å². The van der Waals surface area contributed by atoms with E-state index in [4.69, 9.17) is 5.73 Å². The normalized spacial score (nSPS) is 10.5. The van der Waals surface area contributed by atoms with E-state index in [9.17, 15) is 19.7 Å².